The molecule has 5 nitrogen and oxygen atoms in total. The minimum atomic E-state index is -0.369. The summed E-state index contributed by atoms with van der Waals surface area (Å²) in [4.78, 5) is 15.4. The van der Waals surface area contributed by atoms with Crippen LogP contribution in [-0.4, -0.2) is 37.8 Å². The number of carbonyl (C=O) groups is 1. The number of aromatic nitrogens is 1. The first kappa shape index (κ1) is 11.0. The van der Waals surface area contributed by atoms with Gasteiger partial charge in [-0.25, -0.2) is 4.79 Å². The highest BCUT2D eigenvalue weighted by Gasteiger charge is 2.17. The summed E-state index contributed by atoms with van der Waals surface area (Å²) in [5.41, 5.74) is 1.41. The summed E-state index contributed by atoms with van der Waals surface area (Å²) in [5.74, 6) is -0.369. The first-order valence-electron chi connectivity index (χ1n) is 5.15. The molecule has 0 aromatic carbocycles. The maximum atomic E-state index is 11.3. The molecule has 1 fully saturated rings. The Balaban J connectivity index is 2.17. The lowest BCUT2D eigenvalue weighted by atomic mass is 10.1. The highest BCUT2D eigenvalue weighted by atomic mass is 16.5. The monoisotopic (exact) mass is 222 g/mol. The maximum absolute atomic E-state index is 11.3. The number of hydrogen-bond donors (Lipinski definition) is 1. The number of esters is 1. The first-order chi connectivity index (χ1) is 7.81. The van der Waals surface area contributed by atoms with Crippen LogP contribution in [0.4, 0.5) is 0 Å². The maximum Gasteiger partial charge on any atom is 0.339 e. The van der Waals surface area contributed by atoms with Crippen molar-refractivity contribution in [3.63, 3.8) is 0 Å². The summed E-state index contributed by atoms with van der Waals surface area (Å²) < 4.78 is 10.0. The van der Waals surface area contributed by atoms with Gasteiger partial charge in [-0.2, -0.15) is 0 Å². The molecule has 1 aliphatic heterocycles. The van der Waals surface area contributed by atoms with Crippen molar-refractivity contribution in [3.8, 4) is 0 Å². The second-order valence-corrected chi connectivity index (χ2v) is 3.58. The normalized spacial score (nSPS) is 20.4. The summed E-state index contributed by atoms with van der Waals surface area (Å²) in [6.45, 7) is 2.14. The Kier molecular flexibility index (Phi) is 3.48. The van der Waals surface area contributed by atoms with Gasteiger partial charge in [-0.05, 0) is 11.6 Å². The second-order valence-electron chi connectivity index (χ2n) is 3.58. The van der Waals surface area contributed by atoms with E-state index < -0.39 is 0 Å². The molecule has 0 saturated carbocycles. The minimum Gasteiger partial charge on any atom is -0.465 e. The Hall–Kier alpha value is -1.46. The fraction of sp³-hybridized carbons (Fsp3) is 0.455. The van der Waals surface area contributed by atoms with Crippen molar-refractivity contribution >= 4 is 5.97 Å². The number of rotatable bonds is 2. The molecule has 0 amide bonds. The van der Waals surface area contributed by atoms with Gasteiger partial charge >= 0.3 is 5.97 Å². The number of nitrogens with zero attached hydrogens (tertiary/aromatic N) is 1. The van der Waals surface area contributed by atoms with Gasteiger partial charge in [-0.3, -0.25) is 4.98 Å². The van der Waals surface area contributed by atoms with E-state index in [-0.39, 0.29) is 12.0 Å². The van der Waals surface area contributed by atoms with Crippen molar-refractivity contribution in [1.82, 2.24) is 10.3 Å². The average Bonchev–Trinajstić information content (AvgIpc) is 2.39. The van der Waals surface area contributed by atoms with Gasteiger partial charge in [0.05, 0.1) is 31.9 Å². The van der Waals surface area contributed by atoms with E-state index in [1.54, 1.807) is 12.3 Å². The molecule has 86 valence electrons. The van der Waals surface area contributed by atoms with Crippen molar-refractivity contribution in [2.75, 3.05) is 26.9 Å². The zero-order chi connectivity index (χ0) is 11.4. The Morgan fingerprint density at radius 1 is 1.62 bits per heavy atom. The fourth-order valence-electron chi connectivity index (χ4n) is 1.66. The fourth-order valence-corrected chi connectivity index (χ4v) is 1.66. The summed E-state index contributed by atoms with van der Waals surface area (Å²) >= 11 is 0. The molecule has 1 aliphatic rings. The highest BCUT2D eigenvalue weighted by Crippen LogP contribution is 2.16. The Morgan fingerprint density at radius 3 is 3.19 bits per heavy atom. The number of carbonyl (C=O) groups excluding carboxylic acids is 1. The van der Waals surface area contributed by atoms with E-state index in [1.807, 2.05) is 0 Å². The van der Waals surface area contributed by atoms with Crippen LogP contribution in [0.25, 0.3) is 0 Å². The van der Waals surface area contributed by atoms with Gasteiger partial charge in [-0.15, -0.1) is 0 Å². The number of hydrogen-bond acceptors (Lipinski definition) is 5. The van der Waals surface area contributed by atoms with Crippen LogP contribution in [0.15, 0.2) is 18.5 Å². The minimum absolute atomic E-state index is 0.103. The van der Waals surface area contributed by atoms with E-state index in [0.717, 1.165) is 18.7 Å². The van der Waals surface area contributed by atoms with Gasteiger partial charge in [-0.1, -0.05) is 0 Å². The van der Waals surface area contributed by atoms with Crippen molar-refractivity contribution in [3.05, 3.63) is 29.6 Å². The largest absolute Gasteiger partial charge is 0.465 e. The highest BCUT2D eigenvalue weighted by molar-refractivity contribution is 5.89. The van der Waals surface area contributed by atoms with Crippen molar-refractivity contribution in [2.24, 2.45) is 0 Å². The molecule has 1 saturated heterocycles. The van der Waals surface area contributed by atoms with Gasteiger partial charge in [0.15, 0.2) is 0 Å². The molecule has 5 heteroatoms. The van der Waals surface area contributed by atoms with Gasteiger partial charge in [0.25, 0.3) is 0 Å². The quantitative estimate of drug-likeness (QED) is 0.739. The number of pyridine rings is 1. The SMILES string of the molecule is COC(=O)c1cncc(C2COCCN2)c1. The van der Waals surface area contributed by atoms with Crippen molar-refractivity contribution < 1.29 is 14.3 Å². The molecular formula is C11H14N2O3. The van der Waals surface area contributed by atoms with Crippen LogP contribution in [0, 0.1) is 0 Å². The van der Waals surface area contributed by atoms with Gasteiger partial charge in [0.1, 0.15) is 0 Å². The number of ether oxygens (including phenoxy) is 2. The van der Waals surface area contributed by atoms with Gasteiger partial charge in [0, 0.05) is 18.9 Å². The standard InChI is InChI=1S/C11H14N2O3/c1-15-11(14)9-4-8(5-12-6-9)10-7-16-3-2-13-10/h4-6,10,13H,2-3,7H2,1H3. The van der Waals surface area contributed by atoms with Crippen LogP contribution in [0.5, 0.6) is 0 Å². The first-order valence-corrected chi connectivity index (χ1v) is 5.15. The molecule has 1 N–H and O–H groups in total. The second kappa shape index (κ2) is 5.05. The summed E-state index contributed by atoms with van der Waals surface area (Å²) in [5, 5.41) is 3.30. The van der Waals surface area contributed by atoms with Crippen LogP contribution in [0.3, 0.4) is 0 Å². The molecule has 0 radical (unpaired) electrons. The van der Waals surface area contributed by atoms with Crippen LogP contribution in [-0.2, 0) is 9.47 Å². The lowest BCUT2D eigenvalue weighted by Gasteiger charge is -2.23. The van der Waals surface area contributed by atoms with Crippen LogP contribution < -0.4 is 5.32 Å². The summed E-state index contributed by atoms with van der Waals surface area (Å²) in [6.07, 6.45) is 3.23. The van der Waals surface area contributed by atoms with E-state index in [4.69, 9.17) is 4.74 Å². The van der Waals surface area contributed by atoms with E-state index in [2.05, 4.69) is 15.0 Å². The Bertz CT molecular complexity index is 375. The average molecular weight is 222 g/mol. The third kappa shape index (κ3) is 2.37. The van der Waals surface area contributed by atoms with E-state index in [0.29, 0.717) is 12.2 Å². The molecule has 16 heavy (non-hydrogen) atoms. The van der Waals surface area contributed by atoms with Crippen LogP contribution in [0.1, 0.15) is 22.0 Å². The van der Waals surface area contributed by atoms with Gasteiger partial charge < -0.3 is 14.8 Å². The molecule has 0 bridgehead atoms. The third-order valence-electron chi connectivity index (χ3n) is 2.50. The lowest BCUT2D eigenvalue weighted by Crippen LogP contribution is -2.34. The summed E-state index contributed by atoms with van der Waals surface area (Å²) in [7, 11) is 1.36. The number of nitrogens with one attached hydrogen (secondary N) is 1. The molecule has 1 unspecified atom stereocenters. The number of morpholine rings is 1. The predicted molar refractivity (Wildman–Crippen MR) is 57.1 cm³/mol. The molecule has 0 aliphatic carbocycles. The van der Waals surface area contributed by atoms with Crippen LogP contribution in [0.2, 0.25) is 0 Å². The predicted octanol–water partition coefficient (Wildman–Crippen LogP) is 0.529. The van der Waals surface area contributed by atoms with E-state index >= 15 is 0 Å². The molecule has 1 atom stereocenters. The molecule has 0 spiro atoms. The molecule has 1 aromatic rings. The lowest BCUT2D eigenvalue weighted by molar-refractivity contribution is 0.0598. The molecule has 2 rings (SSSR count). The van der Waals surface area contributed by atoms with Crippen molar-refractivity contribution in [1.29, 1.82) is 0 Å². The smallest absolute Gasteiger partial charge is 0.339 e. The van der Waals surface area contributed by atoms with Crippen molar-refractivity contribution in [2.45, 2.75) is 6.04 Å². The Labute approximate surface area is 93.8 Å². The Morgan fingerprint density at radius 2 is 2.50 bits per heavy atom. The van der Waals surface area contributed by atoms with E-state index in [1.165, 1.54) is 13.3 Å². The number of methoxy groups -OCH3 is 1. The molecular weight excluding hydrogens is 208 g/mol. The topological polar surface area (TPSA) is 60.5 Å². The van der Waals surface area contributed by atoms with Crippen LogP contribution >= 0.6 is 0 Å². The summed E-state index contributed by atoms with van der Waals surface area (Å²) in [6, 6.07) is 1.89. The zero-order valence-corrected chi connectivity index (χ0v) is 9.10. The molecule has 2 heterocycles. The van der Waals surface area contributed by atoms with Gasteiger partial charge in [0.2, 0.25) is 0 Å². The third-order valence-corrected chi connectivity index (χ3v) is 2.50. The molecule has 1 aromatic heterocycles. The van der Waals surface area contributed by atoms with E-state index in [9.17, 15) is 4.79 Å². The zero-order valence-electron chi connectivity index (χ0n) is 9.10.